The predicted octanol–water partition coefficient (Wildman–Crippen LogP) is 1.84. The maximum Gasteiger partial charge on any atom is 0.236 e. The van der Waals surface area contributed by atoms with E-state index in [4.69, 9.17) is 5.73 Å². The normalized spacial score (nSPS) is 14.7. The molecule has 0 saturated carbocycles. The first kappa shape index (κ1) is 16.1. The topological polar surface area (TPSA) is 58.4 Å². The van der Waals surface area contributed by atoms with Crippen molar-refractivity contribution >= 4 is 17.2 Å². The van der Waals surface area contributed by atoms with Gasteiger partial charge in [-0.1, -0.05) is 19.9 Å². The van der Waals surface area contributed by atoms with E-state index in [-0.39, 0.29) is 11.9 Å². The first-order valence-corrected chi connectivity index (χ1v) is 7.53. The second kappa shape index (κ2) is 7.62. The molecule has 0 bridgehead atoms. The van der Waals surface area contributed by atoms with Crippen LogP contribution in [0.2, 0.25) is 0 Å². The highest BCUT2D eigenvalue weighted by Gasteiger charge is 2.19. The number of carbonyl (C=O) groups is 1. The molecule has 4 nitrogen and oxygen atoms in total. The van der Waals surface area contributed by atoms with Crippen molar-refractivity contribution in [3.05, 3.63) is 22.4 Å². The highest BCUT2D eigenvalue weighted by molar-refractivity contribution is 7.10. The van der Waals surface area contributed by atoms with E-state index in [1.807, 2.05) is 20.2 Å². The van der Waals surface area contributed by atoms with Crippen LogP contribution < -0.4 is 11.1 Å². The van der Waals surface area contributed by atoms with Gasteiger partial charge in [-0.25, -0.2) is 0 Å². The highest BCUT2D eigenvalue weighted by atomic mass is 32.1. The van der Waals surface area contributed by atoms with Gasteiger partial charge in [0.05, 0.1) is 12.1 Å². The minimum Gasteiger partial charge on any atom is -0.353 e. The van der Waals surface area contributed by atoms with Gasteiger partial charge in [0.25, 0.3) is 0 Å². The molecule has 0 saturated heterocycles. The van der Waals surface area contributed by atoms with Gasteiger partial charge in [0.15, 0.2) is 0 Å². The molecular weight excluding hydrogens is 258 g/mol. The molecule has 3 N–H and O–H groups in total. The minimum atomic E-state index is -0.411. The van der Waals surface area contributed by atoms with Gasteiger partial charge in [-0.3, -0.25) is 4.79 Å². The van der Waals surface area contributed by atoms with Gasteiger partial charge in [-0.2, -0.15) is 0 Å². The Morgan fingerprint density at radius 1 is 1.47 bits per heavy atom. The monoisotopic (exact) mass is 283 g/mol. The van der Waals surface area contributed by atoms with E-state index in [1.165, 1.54) is 4.88 Å². The number of thiophene rings is 1. The number of nitrogens with one attached hydrogen (secondary N) is 1. The van der Waals surface area contributed by atoms with Crippen molar-refractivity contribution < 1.29 is 4.79 Å². The summed E-state index contributed by atoms with van der Waals surface area (Å²) in [5.74, 6) is 0.375. The molecule has 1 aromatic rings. The van der Waals surface area contributed by atoms with Gasteiger partial charge in [-0.05, 0) is 37.9 Å². The molecule has 0 radical (unpaired) electrons. The molecule has 5 heteroatoms. The zero-order chi connectivity index (χ0) is 14.4. The van der Waals surface area contributed by atoms with Crippen LogP contribution >= 0.6 is 11.3 Å². The molecule has 0 spiro atoms. The number of rotatable bonds is 7. The van der Waals surface area contributed by atoms with Crippen molar-refractivity contribution in [3.63, 3.8) is 0 Å². The summed E-state index contributed by atoms with van der Waals surface area (Å²) >= 11 is 1.71. The molecule has 2 unspecified atom stereocenters. The average molecular weight is 283 g/mol. The van der Waals surface area contributed by atoms with Crippen molar-refractivity contribution in [2.45, 2.75) is 32.4 Å². The lowest BCUT2D eigenvalue weighted by Crippen LogP contribution is -2.44. The lowest BCUT2D eigenvalue weighted by Gasteiger charge is -2.24. The molecule has 0 fully saturated rings. The number of amides is 1. The van der Waals surface area contributed by atoms with E-state index in [0.29, 0.717) is 12.5 Å². The largest absolute Gasteiger partial charge is 0.353 e. The van der Waals surface area contributed by atoms with Crippen LogP contribution in [-0.4, -0.2) is 37.5 Å². The molecule has 1 amide bonds. The van der Waals surface area contributed by atoms with Crippen molar-refractivity contribution in [1.82, 2.24) is 10.2 Å². The maximum atomic E-state index is 11.9. The molecule has 0 aromatic carbocycles. The van der Waals surface area contributed by atoms with Crippen LogP contribution in [0.15, 0.2) is 17.5 Å². The van der Waals surface area contributed by atoms with Crippen molar-refractivity contribution in [2.24, 2.45) is 11.7 Å². The van der Waals surface area contributed by atoms with E-state index in [1.54, 1.807) is 11.3 Å². The number of nitrogens with zero attached hydrogens (tertiary/aromatic N) is 1. The maximum absolute atomic E-state index is 11.9. The van der Waals surface area contributed by atoms with Gasteiger partial charge in [0.2, 0.25) is 5.91 Å². The van der Waals surface area contributed by atoms with Crippen LogP contribution in [0.25, 0.3) is 0 Å². The Hall–Kier alpha value is -0.910. The molecule has 108 valence electrons. The SMILES string of the molecule is CC(C)CC(N)C(=O)NCC(c1cccs1)N(C)C. The Balaban J connectivity index is 2.51. The lowest BCUT2D eigenvalue weighted by molar-refractivity contribution is -0.122. The fourth-order valence-corrected chi connectivity index (χ4v) is 2.88. The van der Waals surface area contributed by atoms with Gasteiger partial charge < -0.3 is 16.0 Å². The summed E-state index contributed by atoms with van der Waals surface area (Å²) in [6, 6.07) is 3.92. The first-order chi connectivity index (χ1) is 8.91. The molecule has 0 aliphatic rings. The highest BCUT2D eigenvalue weighted by Crippen LogP contribution is 2.22. The molecule has 1 heterocycles. The number of hydrogen-bond acceptors (Lipinski definition) is 4. The summed E-state index contributed by atoms with van der Waals surface area (Å²) in [7, 11) is 4.04. The summed E-state index contributed by atoms with van der Waals surface area (Å²) in [6.45, 7) is 4.74. The Kier molecular flexibility index (Phi) is 6.48. The smallest absolute Gasteiger partial charge is 0.236 e. The molecule has 1 rings (SSSR count). The van der Waals surface area contributed by atoms with E-state index < -0.39 is 6.04 Å². The zero-order valence-electron chi connectivity index (χ0n) is 12.2. The summed E-state index contributed by atoms with van der Waals surface area (Å²) in [5, 5.41) is 5.01. The van der Waals surface area contributed by atoms with Crippen LogP contribution in [0.3, 0.4) is 0 Å². The van der Waals surface area contributed by atoms with Gasteiger partial charge >= 0.3 is 0 Å². The minimum absolute atomic E-state index is 0.0582. The molecule has 1 aromatic heterocycles. The Morgan fingerprint density at radius 3 is 2.63 bits per heavy atom. The fraction of sp³-hybridized carbons (Fsp3) is 0.643. The van der Waals surface area contributed by atoms with Gasteiger partial charge in [0.1, 0.15) is 0 Å². The van der Waals surface area contributed by atoms with Crippen LogP contribution in [-0.2, 0) is 4.79 Å². The first-order valence-electron chi connectivity index (χ1n) is 6.65. The quantitative estimate of drug-likeness (QED) is 0.803. The molecule has 19 heavy (non-hydrogen) atoms. The van der Waals surface area contributed by atoms with Crippen LogP contribution in [0, 0.1) is 5.92 Å². The zero-order valence-corrected chi connectivity index (χ0v) is 13.0. The van der Waals surface area contributed by atoms with Crippen molar-refractivity contribution in [1.29, 1.82) is 0 Å². The summed E-state index contributed by atoms with van der Waals surface area (Å²) < 4.78 is 0. The van der Waals surface area contributed by atoms with Crippen molar-refractivity contribution in [3.8, 4) is 0 Å². The Bertz CT molecular complexity index is 376. The lowest BCUT2D eigenvalue weighted by atomic mass is 10.0. The standard InChI is InChI=1S/C14H25N3OS/c1-10(2)8-11(15)14(18)16-9-12(17(3)4)13-6-5-7-19-13/h5-7,10-12H,8-9,15H2,1-4H3,(H,16,18). The third kappa shape index (κ3) is 5.30. The second-order valence-corrected chi connectivity index (χ2v) is 6.46. The van der Waals surface area contributed by atoms with Crippen molar-refractivity contribution in [2.75, 3.05) is 20.6 Å². The number of hydrogen-bond donors (Lipinski definition) is 2. The molecule has 0 aliphatic heterocycles. The number of likely N-dealkylation sites (N-methyl/N-ethyl adjacent to an activating group) is 1. The average Bonchev–Trinajstić information content (AvgIpc) is 2.81. The summed E-state index contributed by atoms with van der Waals surface area (Å²) in [4.78, 5) is 15.3. The molecular formula is C14H25N3OS. The van der Waals surface area contributed by atoms with E-state index in [2.05, 4.69) is 35.5 Å². The third-order valence-electron chi connectivity index (χ3n) is 3.03. The van der Waals surface area contributed by atoms with Crippen LogP contribution in [0.5, 0.6) is 0 Å². The molecule has 2 atom stereocenters. The second-order valence-electron chi connectivity index (χ2n) is 5.48. The van der Waals surface area contributed by atoms with Crippen LogP contribution in [0.4, 0.5) is 0 Å². The summed E-state index contributed by atoms with van der Waals surface area (Å²) in [6.07, 6.45) is 0.720. The fourth-order valence-electron chi connectivity index (χ4n) is 1.96. The third-order valence-corrected chi connectivity index (χ3v) is 4.00. The number of nitrogens with two attached hydrogens (primary N) is 1. The van der Waals surface area contributed by atoms with E-state index in [0.717, 1.165) is 6.42 Å². The molecule has 0 aliphatic carbocycles. The van der Waals surface area contributed by atoms with Gasteiger partial charge in [-0.15, -0.1) is 11.3 Å². The van der Waals surface area contributed by atoms with Crippen LogP contribution in [0.1, 0.15) is 31.2 Å². The van der Waals surface area contributed by atoms with E-state index >= 15 is 0 Å². The van der Waals surface area contributed by atoms with E-state index in [9.17, 15) is 4.79 Å². The predicted molar refractivity (Wildman–Crippen MR) is 81.2 cm³/mol. The Labute approximate surface area is 120 Å². The Morgan fingerprint density at radius 2 is 2.16 bits per heavy atom. The summed E-state index contributed by atoms with van der Waals surface area (Å²) in [5.41, 5.74) is 5.88. The van der Waals surface area contributed by atoms with Gasteiger partial charge in [0, 0.05) is 11.4 Å². The number of carbonyl (C=O) groups excluding carboxylic acids is 1.